The number of fused-ring (bicyclic) bond motifs is 2. The first-order valence-corrected chi connectivity index (χ1v) is 9.97. The van der Waals surface area contributed by atoms with E-state index >= 15 is 0 Å². The summed E-state index contributed by atoms with van der Waals surface area (Å²) in [7, 11) is 3.88. The smallest absolute Gasteiger partial charge is 0.278 e. The van der Waals surface area contributed by atoms with Crippen LogP contribution in [-0.2, 0) is 7.05 Å². The lowest BCUT2D eigenvalue weighted by Crippen LogP contribution is -2.44. The molecular formula is C21H25N5O3. The highest BCUT2D eigenvalue weighted by molar-refractivity contribution is 5.75. The molecule has 0 saturated carbocycles. The zero-order valence-electron chi connectivity index (χ0n) is 16.6. The molecule has 8 nitrogen and oxygen atoms in total. The maximum absolute atomic E-state index is 12.6. The molecule has 4 heterocycles. The molecule has 1 aromatic carbocycles. The van der Waals surface area contributed by atoms with Gasteiger partial charge in [0.25, 0.3) is 5.56 Å². The number of H-pyrrole nitrogens is 1. The number of aromatic amines is 1. The van der Waals surface area contributed by atoms with Gasteiger partial charge < -0.3 is 24.7 Å². The van der Waals surface area contributed by atoms with E-state index in [0.717, 1.165) is 31.0 Å². The molecule has 2 atom stereocenters. The third-order valence-electron chi connectivity index (χ3n) is 5.79. The molecule has 29 heavy (non-hydrogen) atoms. The third kappa shape index (κ3) is 3.33. The Hall–Kier alpha value is -3.00. The van der Waals surface area contributed by atoms with Gasteiger partial charge in [0.15, 0.2) is 11.5 Å². The lowest BCUT2D eigenvalue weighted by atomic mass is 9.88. The summed E-state index contributed by atoms with van der Waals surface area (Å²) in [4.78, 5) is 22.5. The van der Waals surface area contributed by atoms with Crippen LogP contribution in [0.4, 0.5) is 5.95 Å². The van der Waals surface area contributed by atoms with Crippen molar-refractivity contribution in [1.82, 2.24) is 19.4 Å². The molecule has 2 unspecified atom stereocenters. The molecule has 152 valence electrons. The van der Waals surface area contributed by atoms with Crippen molar-refractivity contribution in [2.75, 3.05) is 38.7 Å². The van der Waals surface area contributed by atoms with Gasteiger partial charge in [-0.1, -0.05) is 6.07 Å². The van der Waals surface area contributed by atoms with Gasteiger partial charge in [0.2, 0.25) is 5.95 Å². The Morgan fingerprint density at radius 3 is 2.83 bits per heavy atom. The SMILES string of the molecule is CN1CC(Nc2nc3cc[nH]c3c(=O)n2C)CC(c2ccc3c(c2)OCCO3)C1. The van der Waals surface area contributed by atoms with Crippen LogP contribution in [0.1, 0.15) is 17.9 Å². The number of nitrogens with zero attached hydrogens (tertiary/aromatic N) is 3. The summed E-state index contributed by atoms with van der Waals surface area (Å²) in [5.74, 6) is 2.60. The topological polar surface area (TPSA) is 84.4 Å². The molecule has 5 rings (SSSR count). The molecule has 8 heteroatoms. The highest BCUT2D eigenvalue weighted by atomic mass is 16.6. The van der Waals surface area contributed by atoms with Crippen LogP contribution in [0.3, 0.4) is 0 Å². The number of nitrogens with one attached hydrogen (secondary N) is 2. The molecule has 0 amide bonds. The number of piperidine rings is 1. The number of aromatic nitrogens is 3. The van der Waals surface area contributed by atoms with Crippen molar-refractivity contribution in [3.05, 3.63) is 46.4 Å². The van der Waals surface area contributed by atoms with E-state index in [-0.39, 0.29) is 11.6 Å². The van der Waals surface area contributed by atoms with Crippen LogP contribution < -0.4 is 20.3 Å². The molecule has 0 aliphatic carbocycles. The molecule has 3 aromatic rings. The first-order valence-electron chi connectivity index (χ1n) is 9.97. The quantitative estimate of drug-likeness (QED) is 0.705. The minimum absolute atomic E-state index is 0.0740. The van der Waals surface area contributed by atoms with Crippen LogP contribution in [-0.4, -0.2) is 58.8 Å². The van der Waals surface area contributed by atoms with Crippen molar-refractivity contribution in [3.8, 4) is 11.5 Å². The first kappa shape index (κ1) is 18.1. The van der Waals surface area contributed by atoms with E-state index in [4.69, 9.17) is 9.47 Å². The van der Waals surface area contributed by atoms with Gasteiger partial charge in [-0.2, -0.15) is 0 Å². The second-order valence-corrected chi connectivity index (χ2v) is 7.94. The molecule has 0 bridgehead atoms. The number of hydrogen-bond donors (Lipinski definition) is 2. The maximum atomic E-state index is 12.6. The van der Waals surface area contributed by atoms with Crippen LogP contribution in [0.25, 0.3) is 11.0 Å². The Labute approximate surface area is 168 Å². The average molecular weight is 395 g/mol. The molecule has 0 spiro atoms. The standard InChI is InChI=1S/C21H25N5O3/c1-25-11-14(13-3-4-17-18(10-13)29-8-7-28-17)9-15(12-25)23-21-24-16-5-6-22-19(16)20(27)26(21)2/h3-6,10,14-15,22H,7-9,11-12H2,1-2H3,(H,23,24). The van der Waals surface area contributed by atoms with E-state index < -0.39 is 0 Å². The Balaban J connectivity index is 1.39. The molecule has 2 N–H and O–H groups in total. The highest BCUT2D eigenvalue weighted by Crippen LogP contribution is 2.36. The van der Waals surface area contributed by atoms with Crippen molar-refractivity contribution in [1.29, 1.82) is 0 Å². The number of anilines is 1. The molecular weight excluding hydrogens is 370 g/mol. The molecule has 2 aliphatic rings. The summed E-state index contributed by atoms with van der Waals surface area (Å²) >= 11 is 0. The fraction of sp³-hybridized carbons (Fsp3) is 0.429. The van der Waals surface area contributed by atoms with Gasteiger partial charge in [-0.25, -0.2) is 4.98 Å². The summed E-state index contributed by atoms with van der Waals surface area (Å²) in [5, 5.41) is 3.50. The predicted molar refractivity (Wildman–Crippen MR) is 111 cm³/mol. The number of rotatable bonds is 3. The minimum Gasteiger partial charge on any atom is -0.486 e. The van der Waals surface area contributed by atoms with Crippen LogP contribution in [0.2, 0.25) is 0 Å². The number of benzene rings is 1. The van der Waals surface area contributed by atoms with Crippen LogP contribution in [0.15, 0.2) is 35.3 Å². The number of likely N-dealkylation sites (tertiary alicyclic amines) is 1. The molecule has 2 aromatic heterocycles. The summed E-state index contributed by atoms with van der Waals surface area (Å²) in [5.41, 5.74) is 2.39. The normalized spacial score (nSPS) is 22.0. The Bertz CT molecular complexity index is 1110. The van der Waals surface area contributed by atoms with Crippen LogP contribution in [0, 0.1) is 0 Å². The van der Waals surface area contributed by atoms with Gasteiger partial charge in [0.1, 0.15) is 18.7 Å². The minimum atomic E-state index is -0.0740. The lowest BCUT2D eigenvalue weighted by Gasteiger charge is -2.37. The fourth-order valence-corrected chi connectivity index (χ4v) is 4.37. The second-order valence-electron chi connectivity index (χ2n) is 7.94. The van der Waals surface area contributed by atoms with Gasteiger partial charge in [-0.05, 0) is 43.1 Å². The highest BCUT2D eigenvalue weighted by Gasteiger charge is 2.28. The Morgan fingerprint density at radius 2 is 1.97 bits per heavy atom. The van der Waals surface area contributed by atoms with Crippen molar-refractivity contribution < 1.29 is 9.47 Å². The number of ether oxygens (including phenoxy) is 2. The van der Waals surface area contributed by atoms with Crippen molar-refractivity contribution in [2.45, 2.75) is 18.4 Å². The number of likely N-dealkylation sites (N-methyl/N-ethyl adjacent to an activating group) is 1. The monoisotopic (exact) mass is 395 g/mol. The lowest BCUT2D eigenvalue weighted by molar-refractivity contribution is 0.171. The summed E-state index contributed by atoms with van der Waals surface area (Å²) in [6.45, 7) is 3.05. The van der Waals surface area contributed by atoms with E-state index in [9.17, 15) is 4.79 Å². The van der Waals surface area contributed by atoms with E-state index in [1.807, 2.05) is 12.1 Å². The summed E-state index contributed by atoms with van der Waals surface area (Å²) in [6.07, 6.45) is 2.69. The van der Waals surface area contributed by atoms with Gasteiger partial charge in [-0.15, -0.1) is 0 Å². The van der Waals surface area contributed by atoms with E-state index in [1.165, 1.54) is 5.56 Å². The summed E-state index contributed by atoms with van der Waals surface area (Å²) < 4.78 is 13.0. The predicted octanol–water partition coefficient (Wildman–Crippen LogP) is 1.93. The largest absolute Gasteiger partial charge is 0.486 e. The van der Waals surface area contributed by atoms with E-state index in [0.29, 0.717) is 36.1 Å². The van der Waals surface area contributed by atoms with Crippen LogP contribution in [0.5, 0.6) is 11.5 Å². The number of hydrogen-bond acceptors (Lipinski definition) is 6. The second kappa shape index (κ2) is 7.11. The Kier molecular flexibility index (Phi) is 4.43. The zero-order valence-corrected chi connectivity index (χ0v) is 16.6. The fourth-order valence-electron chi connectivity index (χ4n) is 4.37. The van der Waals surface area contributed by atoms with E-state index in [1.54, 1.807) is 17.8 Å². The van der Waals surface area contributed by atoms with Gasteiger partial charge >= 0.3 is 0 Å². The maximum Gasteiger partial charge on any atom is 0.278 e. The molecule has 1 saturated heterocycles. The van der Waals surface area contributed by atoms with Crippen LogP contribution >= 0.6 is 0 Å². The van der Waals surface area contributed by atoms with Crippen molar-refractivity contribution in [3.63, 3.8) is 0 Å². The van der Waals surface area contributed by atoms with Gasteiger partial charge in [-0.3, -0.25) is 9.36 Å². The molecule has 1 fully saturated rings. The third-order valence-corrected chi connectivity index (χ3v) is 5.79. The van der Waals surface area contributed by atoms with Gasteiger partial charge in [0.05, 0.1) is 5.52 Å². The summed E-state index contributed by atoms with van der Waals surface area (Å²) in [6, 6.07) is 8.25. The van der Waals surface area contributed by atoms with E-state index in [2.05, 4.69) is 39.4 Å². The molecule has 2 aliphatic heterocycles. The molecule has 0 radical (unpaired) electrons. The first-order chi connectivity index (χ1) is 14.1. The van der Waals surface area contributed by atoms with Gasteiger partial charge in [0, 0.05) is 32.4 Å². The Morgan fingerprint density at radius 1 is 1.14 bits per heavy atom. The van der Waals surface area contributed by atoms with Crippen molar-refractivity contribution in [2.24, 2.45) is 7.05 Å². The zero-order chi connectivity index (χ0) is 20.0. The van der Waals surface area contributed by atoms with Crippen molar-refractivity contribution >= 4 is 17.0 Å². The average Bonchev–Trinajstić information content (AvgIpc) is 3.20.